The summed E-state index contributed by atoms with van der Waals surface area (Å²) in [5.41, 5.74) is 0. The SMILES string of the molecule is CCCCCC(C)NC1CS(=O)(=O)CC1O. The van der Waals surface area contributed by atoms with Crippen LogP contribution in [0.3, 0.4) is 0 Å². The summed E-state index contributed by atoms with van der Waals surface area (Å²) >= 11 is 0. The fourth-order valence-electron chi connectivity index (χ4n) is 2.14. The van der Waals surface area contributed by atoms with E-state index in [4.69, 9.17) is 0 Å². The Balaban J connectivity index is 2.31. The smallest absolute Gasteiger partial charge is 0.154 e. The Morgan fingerprint density at radius 3 is 2.56 bits per heavy atom. The number of rotatable bonds is 6. The Hall–Kier alpha value is -0.130. The monoisotopic (exact) mass is 249 g/mol. The van der Waals surface area contributed by atoms with Gasteiger partial charge in [-0.15, -0.1) is 0 Å². The van der Waals surface area contributed by atoms with Crippen LogP contribution in [0.4, 0.5) is 0 Å². The summed E-state index contributed by atoms with van der Waals surface area (Å²) in [4.78, 5) is 0. The van der Waals surface area contributed by atoms with E-state index in [0.717, 1.165) is 12.8 Å². The highest BCUT2D eigenvalue weighted by molar-refractivity contribution is 7.91. The van der Waals surface area contributed by atoms with Crippen LogP contribution in [0.1, 0.15) is 39.5 Å². The fraction of sp³-hybridized carbons (Fsp3) is 1.00. The summed E-state index contributed by atoms with van der Waals surface area (Å²) in [6, 6.07) is 0.00104. The molecule has 0 saturated carbocycles. The second kappa shape index (κ2) is 5.98. The van der Waals surface area contributed by atoms with E-state index in [9.17, 15) is 13.5 Å². The van der Waals surface area contributed by atoms with E-state index in [1.54, 1.807) is 0 Å². The highest BCUT2D eigenvalue weighted by atomic mass is 32.2. The van der Waals surface area contributed by atoms with Crippen LogP contribution in [0.5, 0.6) is 0 Å². The van der Waals surface area contributed by atoms with Crippen LogP contribution in [-0.4, -0.2) is 43.2 Å². The van der Waals surface area contributed by atoms with Gasteiger partial charge in [0.05, 0.1) is 17.6 Å². The van der Waals surface area contributed by atoms with Gasteiger partial charge in [-0.1, -0.05) is 26.2 Å². The van der Waals surface area contributed by atoms with Gasteiger partial charge < -0.3 is 10.4 Å². The highest BCUT2D eigenvalue weighted by Crippen LogP contribution is 2.14. The quantitative estimate of drug-likeness (QED) is 0.680. The molecule has 1 heterocycles. The lowest BCUT2D eigenvalue weighted by Gasteiger charge is -2.20. The molecule has 0 spiro atoms. The topological polar surface area (TPSA) is 66.4 Å². The average molecular weight is 249 g/mol. The first kappa shape index (κ1) is 13.9. The highest BCUT2D eigenvalue weighted by Gasteiger charge is 2.36. The zero-order chi connectivity index (χ0) is 12.2. The van der Waals surface area contributed by atoms with Gasteiger partial charge in [-0.05, 0) is 13.3 Å². The second-order valence-electron chi connectivity index (χ2n) is 4.81. The van der Waals surface area contributed by atoms with E-state index >= 15 is 0 Å². The van der Waals surface area contributed by atoms with Crippen LogP contribution in [0.2, 0.25) is 0 Å². The molecule has 1 aliphatic rings. The van der Waals surface area contributed by atoms with Crippen LogP contribution in [0.25, 0.3) is 0 Å². The molecular formula is C11H23NO3S. The van der Waals surface area contributed by atoms with Crippen molar-refractivity contribution in [1.82, 2.24) is 5.32 Å². The van der Waals surface area contributed by atoms with Crippen molar-refractivity contribution < 1.29 is 13.5 Å². The number of unbranched alkanes of at least 4 members (excludes halogenated alkanes) is 2. The van der Waals surface area contributed by atoms with Gasteiger partial charge in [0, 0.05) is 12.1 Å². The lowest BCUT2D eigenvalue weighted by molar-refractivity contribution is 0.159. The summed E-state index contributed by atoms with van der Waals surface area (Å²) in [6.45, 7) is 4.21. The van der Waals surface area contributed by atoms with Crippen molar-refractivity contribution in [2.45, 2.75) is 57.7 Å². The van der Waals surface area contributed by atoms with Crippen molar-refractivity contribution in [3.8, 4) is 0 Å². The summed E-state index contributed by atoms with van der Waals surface area (Å²) in [5, 5.41) is 12.8. The third-order valence-corrected chi connectivity index (χ3v) is 4.78. The minimum absolute atomic E-state index is 0.0757. The second-order valence-corrected chi connectivity index (χ2v) is 6.97. The minimum Gasteiger partial charge on any atom is -0.390 e. The van der Waals surface area contributed by atoms with Crippen LogP contribution in [0, 0.1) is 0 Å². The van der Waals surface area contributed by atoms with Crippen molar-refractivity contribution in [3.63, 3.8) is 0 Å². The third-order valence-electron chi connectivity index (χ3n) is 3.06. The van der Waals surface area contributed by atoms with Gasteiger partial charge in [0.25, 0.3) is 0 Å². The van der Waals surface area contributed by atoms with Gasteiger partial charge >= 0.3 is 0 Å². The minimum atomic E-state index is -3.03. The number of aliphatic hydroxyl groups excluding tert-OH is 1. The van der Waals surface area contributed by atoms with Crippen molar-refractivity contribution in [1.29, 1.82) is 0 Å². The van der Waals surface area contributed by atoms with Crippen molar-refractivity contribution in [3.05, 3.63) is 0 Å². The number of hydrogen-bond donors (Lipinski definition) is 2. The van der Waals surface area contributed by atoms with E-state index in [0.29, 0.717) is 0 Å². The van der Waals surface area contributed by atoms with Crippen LogP contribution in [-0.2, 0) is 9.84 Å². The number of aliphatic hydroxyl groups is 1. The maximum Gasteiger partial charge on any atom is 0.154 e. The number of nitrogens with one attached hydrogen (secondary N) is 1. The molecule has 0 radical (unpaired) electrons. The van der Waals surface area contributed by atoms with Crippen LogP contribution < -0.4 is 5.32 Å². The first-order valence-corrected chi connectivity index (χ1v) is 7.91. The molecule has 0 bridgehead atoms. The molecule has 0 aromatic rings. The van der Waals surface area contributed by atoms with Gasteiger partial charge in [0.2, 0.25) is 0 Å². The summed E-state index contributed by atoms with van der Waals surface area (Å²) in [7, 11) is -3.03. The lowest BCUT2D eigenvalue weighted by atomic mass is 10.1. The van der Waals surface area contributed by atoms with Crippen LogP contribution >= 0.6 is 0 Å². The first-order chi connectivity index (χ1) is 7.44. The van der Waals surface area contributed by atoms with Crippen molar-refractivity contribution in [2.24, 2.45) is 0 Å². The van der Waals surface area contributed by atoms with E-state index in [1.807, 2.05) is 6.92 Å². The molecule has 1 saturated heterocycles. The predicted molar refractivity (Wildman–Crippen MR) is 65.2 cm³/mol. The Morgan fingerprint density at radius 2 is 2.06 bits per heavy atom. The average Bonchev–Trinajstić information content (AvgIpc) is 2.40. The third kappa shape index (κ3) is 4.39. The molecule has 1 fully saturated rings. The fourth-order valence-corrected chi connectivity index (χ4v) is 3.89. The van der Waals surface area contributed by atoms with Crippen LogP contribution in [0.15, 0.2) is 0 Å². The molecule has 0 aromatic carbocycles. The Morgan fingerprint density at radius 1 is 1.38 bits per heavy atom. The molecule has 16 heavy (non-hydrogen) atoms. The molecule has 0 aromatic heterocycles. The molecule has 5 heteroatoms. The molecule has 0 amide bonds. The molecule has 2 N–H and O–H groups in total. The normalized spacial score (nSPS) is 30.4. The lowest BCUT2D eigenvalue weighted by Crippen LogP contribution is -2.43. The molecular weight excluding hydrogens is 226 g/mol. The molecule has 1 aliphatic heterocycles. The van der Waals surface area contributed by atoms with Crippen molar-refractivity contribution in [2.75, 3.05) is 11.5 Å². The van der Waals surface area contributed by atoms with E-state index in [2.05, 4.69) is 12.2 Å². The number of sulfone groups is 1. The van der Waals surface area contributed by atoms with Gasteiger partial charge in [-0.2, -0.15) is 0 Å². The zero-order valence-electron chi connectivity index (χ0n) is 10.1. The molecule has 3 unspecified atom stereocenters. The van der Waals surface area contributed by atoms with E-state index in [-0.39, 0.29) is 23.6 Å². The van der Waals surface area contributed by atoms with Gasteiger partial charge in [-0.25, -0.2) is 8.42 Å². The van der Waals surface area contributed by atoms with E-state index in [1.165, 1.54) is 12.8 Å². The van der Waals surface area contributed by atoms with Gasteiger partial charge in [0.1, 0.15) is 0 Å². The first-order valence-electron chi connectivity index (χ1n) is 6.09. The predicted octanol–water partition coefficient (Wildman–Crippen LogP) is 0.703. The molecule has 96 valence electrons. The standard InChI is InChI=1S/C11H23NO3S/c1-3-4-5-6-9(2)12-10-7-16(14,15)8-11(10)13/h9-13H,3-8H2,1-2H3. The Kier molecular flexibility index (Phi) is 5.21. The Bertz CT molecular complexity index is 302. The zero-order valence-corrected chi connectivity index (χ0v) is 11.0. The van der Waals surface area contributed by atoms with E-state index < -0.39 is 15.9 Å². The maximum atomic E-state index is 11.3. The molecule has 1 rings (SSSR count). The largest absolute Gasteiger partial charge is 0.390 e. The molecule has 3 atom stereocenters. The summed E-state index contributed by atoms with van der Waals surface area (Å²) < 4.78 is 22.6. The van der Waals surface area contributed by atoms with Crippen molar-refractivity contribution >= 4 is 9.84 Å². The number of hydrogen-bond acceptors (Lipinski definition) is 4. The Labute approximate surface area is 98.4 Å². The summed E-state index contributed by atoms with van der Waals surface area (Å²) in [6.07, 6.45) is 3.85. The van der Waals surface area contributed by atoms with Gasteiger partial charge in [0.15, 0.2) is 9.84 Å². The molecule has 0 aliphatic carbocycles. The summed E-state index contributed by atoms with van der Waals surface area (Å²) in [5.74, 6) is -0.0152. The van der Waals surface area contributed by atoms with Gasteiger partial charge in [-0.3, -0.25) is 0 Å². The molecule has 4 nitrogen and oxygen atoms in total. The maximum absolute atomic E-state index is 11.3.